The van der Waals surface area contributed by atoms with Gasteiger partial charge in [0.2, 0.25) is 5.91 Å². The highest BCUT2D eigenvalue weighted by atomic mass is 32.2. The Morgan fingerprint density at radius 3 is 2.62 bits per heavy atom. The van der Waals surface area contributed by atoms with Gasteiger partial charge in [-0.2, -0.15) is 8.78 Å². The van der Waals surface area contributed by atoms with Crippen LogP contribution in [0.5, 0.6) is 0 Å². The SMILES string of the molecule is O=C(CSc1nc2ccccc2n1C(F)F)Nc1ccccc1F. The highest BCUT2D eigenvalue weighted by Crippen LogP contribution is 2.29. The van der Waals surface area contributed by atoms with Crippen LogP contribution in [0.25, 0.3) is 11.0 Å². The van der Waals surface area contributed by atoms with Crippen LogP contribution in [0.1, 0.15) is 6.55 Å². The number of carbonyl (C=O) groups is 1. The van der Waals surface area contributed by atoms with Crippen molar-refractivity contribution in [1.82, 2.24) is 9.55 Å². The number of hydrogen-bond donors (Lipinski definition) is 1. The summed E-state index contributed by atoms with van der Waals surface area (Å²) in [5.41, 5.74) is 0.768. The van der Waals surface area contributed by atoms with Crippen molar-refractivity contribution in [1.29, 1.82) is 0 Å². The van der Waals surface area contributed by atoms with Crippen molar-refractivity contribution in [2.45, 2.75) is 11.7 Å². The lowest BCUT2D eigenvalue weighted by molar-refractivity contribution is -0.113. The van der Waals surface area contributed by atoms with Gasteiger partial charge in [-0.05, 0) is 24.3 Å². The first-order valence-corrected chi connectivity index (χ1v) is 7.97. The van der Waals surface area contributed by atoms with Gasteiger partial charge in [0, 0.05) is 0 Å². The van der Waals surface area contributed by atoms with Crippen LogP contribution < -0.4 is 5.32 Å². The molecule has 0 fully saturated rings. The highest BCUT2D eigenvalue weighted by Gasteiger charge is 2.19. The Labute approximate surface area is 139 Å². The molecule has 0 spiro atoms. The van der Waals surface area contributed by atoms with Gasteiger partial charge >= 0.3 is 6.55 Å². The van der Waals surface area contributed by atoms with Gasteiger partial charge in [0.05, 0.1) is 22.5 Å². The van der Waals surface area contributed by atoms with Crippen LogP contribution in [0.15, 0.2) is 53.7 Å². The molecule has 8 heteroatoms. The van der Waals surface area contributed by atoms with Crippen LogP contribution in [0.4, 0.5) is 18.9 Å². The molecule has 4 nitrogen and oxygen atoms in total. The van der Waals surface area contributed by atoms with Gasteiger partial charge in [-0.25, -0.2) is 9.37 Å². The molecule has 1 amide bonds. The van der Waals surface area contributed by atoms with Gasteiger partial charge in [0.1, 0.15) is 5.82 Å². The van der Waals surface area contributed by atoms with Crippen LogP contribution in [0.3, 0.4) is 0 Å². The number of rotatable bonds is 5. The maximum Gasteiger partial charge on any atom is 0.321 e. The third-order valence-electron chi connectivity index (χ3n) is 3.24. The number of carbonyl (C=O) groups excluding carboxylic acids is 1. The lowest BCUT2D eigenvalue weighted by Gasteiger charge is -2.08. The average molecular weight is 351 g/mol. The number of thioether (sulfide) groups is 1. The quantitative estimate of drug-likeness (QED) is 0.697. The van der Waals surface area contributed by atoms with Crippen molar-refractivity contribution in [3.8, 4) is 0 Å². The predicted molar refractivity (Wildman–Crippen MR) is 86.7 cm³/mol. The van der Waals surface area contributed by atoms with Gasteiger partial charge in [0.25, 0.3) is 0 Å². The number of imidazole rings is 1. The fraction of sp³-hybridized carbons (Fsp3) is 0.125. The lowest BCUT2D eigenvalue weighted by atomic mass is 10.3. The summed E-state index contributed by atoms with van der Waals surface area (Å²) in [4.78, 5) is 16.0. The maximum absolute atomic E-state index is 13.5. The first-order chi connectivity index (χ1) is 11.6. The normalized spacial score (nSPS) is 11.2. The van der Waals surface area contributed by atoms with Crippen LogP contribution in [0, 0.1) is 5.82 Å². The first kappa shape index (κ1) is 16.4. The number of anilines is 1. The van der Waals surface area contributed by atoms with Crippen LogP contribution in [0.2, 0.25) is 0 Å². The van der Waals surface area contributed by atoms with Gasteiger partial charge in [-0.1, -0.05) is 36.0 Å². The number of benzene rings is 2. The maximum atomic E-state index is 13.5. The largest absolute Gasteiger partial charge is 0.323 e. The molecule has 0 saturated heterocycles. The second kappa shape index (κ2) is 6.96. The molecule has 1 aromatic heterocycles. The molecule has 2 aromatic carbocycles. The van der Waals surface area contributed by atoms with Crippen molar-refractivity contribution in [3.05, 3.63) is 54.3 Å². The van der Waals surface area contributed by atoms with E-state index in [1.54, 1.807) is 24.3 Å². The van der Waals surface area contributed by atoms with Gasteiger partial charge in [-0.3, -0.25) is 9.36 Å². The van der Waals surface area contributed by atoms with Crippen molar-refractivity contribution in [3.63, 3.8) is 0 Å². The zero-order chi connectivity index (χ0) is 17.1. The first-order valence-electron chi connectivity index (χ1n) is 6.98. The van der Waals surface area contributed by atoms with E-state index in [4.69, 9.17) is 0 Å². The molecule has 0 atom stereocenters. The smallest absolute Gasteiger partial charge is 0.321 e. The van der Waals surface area contributed by atoms with E-state index >= 15 is 0 Å². The molecule has 3 rings (SSSR count). The van der Waals surface area contributed by atoms with Crippen molar-refractivity contribution >= 4 is 34.4 Å². The summed E-state index contributed by atoms with van der Waals surface area (Å²) in [5, 5.41) is 2.44. The molecular weight excluding hydrogens is 339 g/mol. The summed E-state index contributed by atoms with van der Waals surface area (Å²) >= 11 is 0.872. The molecule has 0 radical (unpaired) electrons. The van der Waals surface area contributed by atoms with Gasteiger partial charge in [-0.15, -0.1) is 0 Å². The minimum Gasteiger partial charge on any atom is -0.323 e. The Morgan fingerprint density at radius 1 is 1.17 bits per heavy atom. The third kappa shape index (κ3) is 3.38. The van der Waals surface area contributed by atoms with E-state index in [1.807, 2.05) is 0 Å². The molecular formula is C16H12F3N3OS. The molecule has 1 heterocycles. The third-order valence-corrected chi connectivity index (χ3v) is 4.19. The number of halogens is 3. The Kier molecular flexibility index (Phi) is 4.75. The molecule has 0 aliphatic rings. The molecule has 0 bridgehead atoms. The number of hydrogen-bond acceptors (Lipinski definition) is 3. The van der Waals surface area contributed by atoms with Gasteiger partial charge in [0.15, 0.2) is 5.16 Å². The molecule has 0 aliphatic heterocycles. The molecule has 0 aliphatic carbocycles. The van der Waals surface area contributed by atoms with Crippen LogP contribution in [-0.2, 0) is 4.79 Å². The van der Waals surface area contributed by atoms with E-state index in [9.17, 15) is 18.0 Å². The van der Waals surface area contributed by atoms with Gasteiger partial charge < -0.3 is 5.32 Å². The number of alkyl halides is 2. The fourth-order valence-corrected chi connectivity index (χ4v) is 3.00. The predicted octanol–water partition coefficient (Wildman–Crippen LogP) is 4.30. The zero-order valence-electron chi connectivity index (χ0n) is 12.2. The summed E-state index contributed by atoms with van der Waals surface area (Å²) in [7, 11) is 0. The molecule has 0 saturated carbocycles. The van der Waals surface area contributed by atoms with Crippen LogP contribution in [-0.4, -0.2) is 21.2 Å². The van der Waals surface area contributed by atoms with E-state index < -0.39 is 18.3 Å². The summed E-state index contributed by atoms with van der Waals surface area (Å²) in [6, 6.07) is 12.2. The minimum absolute atomic E-state index is 0.0369. The monoisotopic (exact) mass is 351 g/mol. The van der Waals surface area contributed by atoms with Crippen molar-refractivity contribution in [2.75, 3.05) is 11.1 Å². The fourth-order valence-electron chi connectivity index (χ4n) is 2.19. The topological polar surface area (TPSA) is 46.9 Å². The van der Waals surface area contributed by atoms with E-state index in [-0.39, 0.29) is 16.6 Å². The van der Waals surface area contributed by atoms with Crippen LogP contribution >= 0.6 is 11.8 Å². The number of amides is 1. The molecule has 1 N–H and O–H groups in total. The zero-order valence-corrected chi connectivity index (χ0v) is 13.1. The van der Waals surface area contributed by atoms with E-state index in [2.05, 4.69) is 10.3 Å². The Balaban J connectivity index is 1.75. The number of para-hydroxylation sites is 3. The number of fused-ring (bicyclic) bond motifs is 1. The summed E-state index contributed by atoms with van der Waals surface area (Å²) in [6.07, 6.45) is 0. The second-order valence-electron chi connectivity index (χ2n) is 4.85. The Morgan fingerprint density at radius 2 is 1.88 bits per heavy atom. The Hall–Kier alpha value is -2.48. The minimum atomic E-state index is -2.77. The summed E-state index contributed by atoms with van der Waals surface area (Å²) in [6.45, 7) is -2.77. The number of aromatic nitrogens is 2. The Bertz CT molecular complexity index is 882. The summed E-state index contributed by atoms with van der Waals surface area (Å²) < 4.78 is 40.8. The molecule has 3 aromatic rings. The molecule has 0 unspecified atom stereocenters. The molecule has 24 heavy (non-hydrogen) atoms. The number of nitrogens with zero attached hydrogens (tertiary/aromatic N) is 2. The molecule has 124 valence electrons. The van der Waals surface area contributed by atoms with Crippen molar-refractivity contribution in [2.24, 2.45) is 0 Å². The standard InChI is InChI=1S/C16H12F3N3OS/c17-10-5-1-2-6-11(10)20-14(23)9-24-16-21-12-7-3-4-8-13(12)22(16)15(18)19/h1-8,15H,9H2,(H,20,23). The lowest BCUT2D eigenvalue weighted by Crippen LogP contribution is -2.15. The van der Waals surface area contributed by atoms with E-state index in [1.165, 1.54) is 24.3 Å². The second-order valence-corrected chi connectivity index (χ2v) is 5.79. The van der Waals surface area contributed by atoms with Crippen molar-refractivity contribution < 1.29 is 18.0 Å². The average Bonchev–Trinajstić information content (AvgIpc) is 2.93. The summed E-state index contributed by atoms with van der Waals surface area (Å²) in [5.74, 6) is -1.22. The highest BCUT2D eigenvalue weighted by molar-refractivity contribution is 7.99. The van der Waals surface area contributed by atoms with E-state index in [0.29, 0.717) is 11.0 Å². The number of nitrogens with one attached hydrogen (secondary N) is 1. The van der Waals surface area contributed by atoms with E-state index in [0.717, 1.165) is 16.3 Å².